The molecule has 6 nitrogen and oxygen atoms in total. The van der Waals surface area contributed by atoms with Gasteiger partial charge >= 0.3 is 0 Å². The minimum atomic E-state index is -0.291. The average molecular weight is 366 g/mol. The SMILES string of the molecule is CC(CC(=O)Nc1cccc(N2CCCC2)c1)NC(=O)c1cccc(N)c1. The van der Waals surface area contributed by atoms with Crippen LogP contribution >= 0.6 is 0 Å². The Balaban J connectivity index is 1.52. The van der Waals surface area contributed by atoms with Crippen molar-refractivity contribution in [2.45, 2.75) is 32.2 Å². The predicted molar refractivity (Wildman–Crippen MR) is 109 cm³/mol. The molecular weight excluding hydrogens is 340 g/mol. The number of nitrogens with two attached hydrogens (primary N) is 1. The normalized spacial score (nSPS) is 14.6. The third-order valence-electron chi connectivity index (χ3n) is 4.62. The zero-order valence-electron chi connectivity index (χ0n) is 15.6. The fourth-order valence-electron chi connectivity index (χ4n) is 3.28. The fraction of sp³-hybridized carbons (Fsp3) is 0.333. The van der Waals surface area contributed by atoms with Gasteiger partial charge in [-0.2, -0.15) is 0 Å². The molecule has 1 heterocycles. The third kappa shape index (κ3) is 5.23. The minimum absolute atomic E-state index is 0.131. The van der Waals surface area contributed by atoms with Crippen molar-refractivity contribution in [2.24, 2.45) is 0 Å². The van der Waals surface area contributed by atoms with Crippen molar-refractivity contribution in [3.8, 4) is 0 Å². The highest BCUT2D eigenvalue weighted by molar-refractivity contribution is 5.96. The summed E-state index contributed by atoms with van der Waals surface area (Å²) in [5.74, 6) is -0.368. The van der Waals surface area contributed by atoms with E-state index < -0.39 is 0 Å². The van der Waals surface area contributed by atoms with E-state index in [2.05, 4.69) is 21.6 Å². The summed E-state index contributed by atoms with van der Waals surface area (Å²) < 4.78 is 0. The minimum Gasteiger partial charge on any atom is -0.399 e. The fourth-order valence-corrected chi connectivity index (χ4v) is 3.28. The molecule has 6 heteroatoms. The van der Waals surface area contributed by atoms with Crippen molar-refractivity contribution in [1.29, 1.82) is 0 Å². The van der Waals surface area contributed by atoms with E-state index in [-0.39, 0.29) is 24.3 Å². The van der Waals surface area contributed by atoms with Gasteiger partial charge in [0.2, 0.25) is 5.91 Å². The van der Waals surface area contributed by atoms with Gasteiger partial charge in [-0.15, -0.1) is 0 Å². The van der Waals surface area contributed by atoms with E-state index in [9.17, 15) is 9.59 Å². The van der Waals surface area contributed by atoms with Gasteiger partial charge in [0, 0.05) is 48.2 Å². The number of nitrogen functional groups attached to an aromatic ring is 1. The highest BCUT2D eigenvalue weighted by Gasteiger charge is 2.15. The molecule has 1 atom stereocenters. The van der Waals surface area contributed by atoms with Gasteiger partial charge in [-0.3, -0.25) is 9.59 Å². The molecule has 0 radical (unpaired) electrons. The number of anilines is 3. The van der Waals surface area contributed by atoms with Gasteiger partial charge < -0.3 is 21.3 Å². The lowest BCUT2D eigenvalue weighted by atomic mass is 10.1. The van der Waals surface area contributed by atoms with Crippen LogP contribution in [0.4, 0.5) is 17.1 Å². The molecule has 0 saturated carbocycles. The summed E-state index contributed by atoms with van der Waals surface area (Å²) in [5.41, 5.74) is 8.63. The molecule has 0 aromatic heterocycles. The average Bonchev–Trinajstić information content (AvgIpc) is 3.16. The number of nitrogens with zero attached hydrogens (tertiary/aromatic N) is 1. The van der Waals surface area contributed by atoms with Crippen LogP contribution in [-0.2, 0) is 4.79 Å². The Kier molecular flexibility index (Phi) is 5.96. The van der Waals surface area contributed by atoms with Crippen molar-refractivity contribution in [2.75, 3.05) is 29.0 Å². The van der Waals surface area contributed by atoms with E-state index >= 15 is 0 Å². The molecule has 1 saturated heterocycles. The molecule has 0 bridgehead atoms. The van der Waals surface area contributed by atoms with Gasteiger partial charge in [0.15, 0.2) is 0 Å². The molecule has 1 aliphatic rings. The van der Waals surface area contributed by atoms with Gasteiger partial charge in [-0.05, 0) is 56.2 Å². The second kappa shape index (κ2) is 8.58. The largest absolute Gasteiger partial charge is 0.399 e. The summed E-state index contributed by atoms with van der Waals surface area (Å²) in [6.07, 6.45) is 2.61. The first-order valence-electron chi connectivity index (χ1n) is 9.32. The lowest BCUT2D eigenvalue weighted by Gasteiger charge is -2.19. The first kappa shape index (κ1) is 18.8. The first-order valence-corrected chi connectivity index (χ1v) is 9.32. The Morgan fingerprint density at radius 1 is 1.11 bits per heavy atom. The zero-order chi connectivity index (χ0) is 19.2. The number of carbonyl (C=O) groups is 2. The van der Waals surface area contributed by atoms with Crippen molar-refractivity contribution < 1.29 is 9.59 Å². The van der Waals surface area contributed by atoms with Crippen LogP contribution in [0.15, 0.2) is 48.5 Å². The third-order valence-corrected chi connectivity index (χ3v) is 4.62. The van der Waals surface area contributed by atoms with Gasteiger partial charge in [-0.1, -0.05) is 12.1 Å². The molecule has 3 rings (SSSR count). The molecule has 1 unspecified atom stereocenters. The molecule has 0 spiro atoms. The van der Waals surface area contributed by atoms with Crippen molar-refractivity contribution in [1.82, 2.24) is 5.32 Å². The van der Waals surface area contributed by atoms with Crippen molar-refractivity contribution in [3.05, 3.63) is 54.1 Å². The molecular formula is C21H26N4O2. The van der Waals surface area contributed by atoms with Crippen LogP contribution in [0.2, 0.25) is 0 Å². The Morgan fingerprint density at radius 2 is 1.85 bits per heavy atom. The van der Waals surface area contributed by atoms with E-state index in [4.69, 9.17) is 5.73 Å². The van der Waals surface area contributed by atoms with Crippen LogP contribution in [-0.4, -0.2) is 30.9 Å². The van der Waals surface area contributed by atoms with Crippen LogP contribution in [0.25, 0.3) is 0 Å². The van der Waals surface area contributed by atoms with E-state index in [0.717, 1.165) is 24.5 Å². The number of hydrogen-bond donors (Lipinski definition) is 3. The summed E-state index contributed by atoms with van der Waals surface area (Å²) in [7, 11) is 0. The molecule has 2 aromatic rings. The highest BCUT2D eigenvalue weighted by atomic mass is 16.2. The van der Waals surface area contributed by atoms with Gasteiger partial charge in [0.1, 0.15) is 0 Å². The second-order valence-corrected chi connectivity index (χ2v) is 7.00. The second-order valence-electron chi connectivity index (χ2n) is 7.00. The molecule has 27 heavy (non-hydrogen) atoms. The van der Waals surface area contributed by atoms with Gasteiger partial charge in [0.25, 0.3) is 5.91 Å². The molecule has 2 aromatic carbocycles. The Hall–Kier alpha value is -3.02. The number of hydrogen-bond acceptors (Lipinski definition) is 4. The topological polar surface area (TPSA) is 87.5 Å². The number of amides is 2. The number of carbonyl (C=O) groups excluding carboxylic acids is 2. The van der Waals surface area contributed by atoms with Gasteiger partial charge in [0.05, 0.1) is 0 Å². The molecule has 2 amide bonds. The maximum absolute atomic E-state index is 12.3. The Morgan fingerprint density at radius 3 is 2.59 bits per heavy atom. The first-order chi connectivity index (χ1) is 13.0. The predicted octanol–water partition coefficient (Wildman–Crippen LogP) is 3.02. The summed E-state index contributed by atoms with van der Waals surface area (Å²) in [6.45, 7) is 3.93. The van der Waals surface area contributed by atoms with E-state index in [0.29, 0.717) is 11.3 Å². The van der Waals surface area contributed by atoms with Crippen LogP contribution in [0.1, 0.15) is 36.5 Å². The summed E-state index contributed by atoms with van der Waals surface area (Å²) in [6, 6.07) is 14.4. The van der Waals surface area contributed by atoms with E-state index in [1.54, 1.807) is 24.3 Å². The highest BCUT2D eigenvalue weighted by Crippen LogP contribution is 2.23. The summed E-state index contributed by atoms with van der Waals surface area (Å²) >= 11 is 0. The molecule has 142 valence electrons. The number of nitrogens with one attached hydrogen (secondary N) is 2. The Labute approximate surface area is 159 Å². The van der Waals surface area contributed by atoms with Crippen molar-refractivity contribution >= 4 is 28.9 Å². The van der Waals surface area contributed by atoms with Crippen LogP contribution in [0.3, 0.4) is 0 Å². The molecule has 1 aliphatic heterocycles. The van der Waals surface area contributed by atoms with Crippen LogP contribution in [0, 0.1) is 0 Å². The van der Waals surface area contributed by atoms with E-state index in [1.807, 2.05) is 25.1 Å². The van der Waals surface area contributed by atoms with E-state index in [1.165, 1.54) is 12.8 Å². The molecule has 4 N–H and O–H groups in total. The van der Waals surface area contributed by atoms with Crippen LogP contribution in [0.5, 0.6) is 0 Å². The number of benzene rings is 2. The lowest BCUT2D eigenvalue weighted by Crippen LogP contribution is -2.35. The maximum atomic E-state index is 12.3. The van der Waals surface area contributed by atoms with Crippen LogP contribution < -0.4 is 21.3 Å². The summed E-state index contributed by atoms with van der Waals surface area (Å²) in [5, 5.41) is 5.75. The lowest BCUT2D eigenvalue weighted by molar-refractivity contribution is -0.116. The summed E-state index contributed by atoms with van der Waals surface area (Å²) in [4.78, 5) is 26.9. The Bertz CT molecular complexity index is 815. The quantitative estimate of drug-likeness (QED) is 0.686. The number of rotatable bonds is 6. The van der Waals surface area contributed by atoms with Gasteiger partial charge in [-0.25, -0.2) is 0 Å². The van der Waals surface area contributed by atoms with Crippen molar-refractivity contribution in [3.63, 3.8) is 0 Å². The molecule has 1 fully saturated rings. The zero-order valence-corrected chi connectivity index (χ0v) is 15.6. The molecule has 0 aliphatic carbocycles. The monoisotopic (exact) mass is 366 g/mol. The maximum Gasteiger partial charge on any atom is 0.251 e. The smallest absolute Gasteiger partial charge is 0.251 e. The standard InChI is InChI=1S/C21H26N4O2/c1-15(23-21(27)16-6-4-7-17(22)13-16)12-20(26)24-18-8-5-9-19(14-18)25-10-2-3-11-25/h4-9,13-15H,2-3,10-12,22H2,1H3,(H,23,27)(H,24,26).